The van der Waals surface area contributed by atoms with E-state index in [1.165, 1.54) is 4.90 Å². The number of halogens is 4. The number of likely N-dealkylation sites (N-methyl/N-ethyl adjacent to an activating group) is 1. The Morgan fingerprint density at radius 1 is 1.33 bits per heavy atom. The van der Waals surface area contributed by atoms with Crippen LogP contribution in [0.4, 0.5) is 28.0 Å². The number of nitrogens with zero attached hydrogens (tertiary/aromatic N) is 3. The minimum absolute atomic E-state index is 0.00129. The van der Waals surface area contributed by atoms with Crippen molar-refractivity contribution in [2.45, 2.75) is 28.7 Å². The van der Waals surface area contributed by atoms with E-state index in [2.05, 4.69) is 26.1 Å². The average Bonchev–Trinajstić information content (AvgIpc) is 3.51. The molecule has 1 aromatic carbocycles. The summed E-state index contributed by atoms with van der Waals surface area (Å²) in [5.74, 6) is 0.109. The molecule has 0 spiro atoms. The lowest BCUT2D eigenvalue weighted by molar-refractivity contribution is -0.0327. The number of benzene rings is 1. The van der Waals surface area contributed by atoms with Crippen molar-refractivity contribution >= 4 is 44.9 Å². The van der Waals surface area contributed by atoms with Crippen molar-refractivity contribution in [2.24, 2.45) is 0 Å². The summed E-state index contributed by atoms with van der Waals surface area (Å²) < 4.78 is 60.2. The number of alkyl halides is 4. The second-order valence-electron chi connectivity index (χ2n) is 7.75. The second kappa shape index (κ2) is 8.33. The smallest absolute Gasteiger partial charge is 0.377 e. The fourth-order valence-corrected chi connectivity index (χ4v) is 5.94. The SMILES string of the molecule is CN1C[C@H](c2nc(-c3sc4c(N[C@@H]5CNC[C@@H]5F)cccc4c3SC(F)(F)F)no2)NC1=O. The third-order valence-electron chi connectivity index (χ3n) is 5.41. The topological polar surface area (TPSA) is 95.3 Å². The summed E-state index contributed by atoms with van der Waals surface area (Å²) in [6, 6.07) is 3.58. The number of carbonyl (C=O) groups excluding carboxylic acids is 1. The standard InChI is InChI=1S/C19H18F4N6O2S2/c1-29-7-12(26-18(29)30)17-27-16(28-31-17)15-14(33-19(21,22)23)8-3-2-4-10(13(8)32-15)25-11-6-24-5-9(11)20/h2-4,9,11-12,24-25H,5-7H2,1H3,(H,26,30)/t9-,11+,12+/m0/s1. The number of hydrogen-bond acceptors (Lipinski definition) is 8. The molecule has 2 aliphatic heterocycles. The molecule has 0 bridgehead atoms. The summed E-state index contributed by atoms with van der Waals surface area (Å²) in [6.45, 7) is 0.928. The fraction of sp³-hybridized carbons (Fsp3) is 0.421. The number of fused-ring (bicyclic) bond motifs is 1. The molecule has 4 heterocycles. The predicted octanol–water partition coefficient (Wildman–Crippen LogP) is 3.98. The van der Waals surface area contributed by atoms with Crippen LogP contribution in [0.1, 0.15) is 11.9 Å². The van der Waals surface area contributed by atoms with Gasteiger partial charge in [0.2, 0.25) is 5.82 Å². The zero-order valence-electron chi connectivity index (χ0n) is 17.1. The Hall–Kier alpha value is -2.58. The van der Waals surface area contributed by atoms with Gasteiger partial charge in [0.15, 0.2) is 0 Å². The van der Waals surface area contributed by atoms with E-state index in [1.807, 2.05) is 0 Å². The molecule has 3 aromatic rings. The number of thiophene rings is 1. The van der Waals surface area contributed by atoms with Crippen molar-refractivity contribution in [3.05, 3.63) is 24.1 Å². The number of hydrogen-bond donors (Lipinski definition) is 3. The van der Waals surface area contributed by atoms with Gasteiger partial charge in [-0.3, -0.25) is 0 Å². The van der Waals surface area contributed by atoms with E-state index in [0.717, 1.165) is 11.3 Å². The van der Waals surface area contributed by atoms with Gasteiger partial charge in [-0.15, -0.1) is 11.3 Å². The molecule has 0 aliphatic carbocycles. The van der Waals surface area contributed by atoms with Crippen LogP contribution in [0.3, 0.4) is 0 Å². The number of amides is 2. The van der Waals surface area contributed by atoms with Gasteiger partial charge in [0.05, 0.1) is 27.9 Å². The Kier molecular flexibility index (Phi) is 5.61. The normalized spacial score (nSPS) is 23.5. The highest BCUT2D eigenvalue weighted by molar-refractivity contribution is 8.00. The largest absolute Gasteiger partial charge is 0.446 e. The van der Waals surface area contributed by atoms with Crippen molar-refractivity contribution in [3.63, 3.8) is 0 Å². The molecule has 2 amide bonds. The molecule has 3 atom stereocenters. The maximum absolute atomic E-state index is 14.1. The van der Waals surface area contributed by atoms with Crippen LogP contribution in [0.25, 0.3) is 20.8 Å². The molecule has 14 heteroatoms. The second-order valence-corrected chi connectivity index (χ2v) is 9.85. The maximum Gasteiger partial charge on any atom is 0.446 e. The fourth-order valence-electron chi connectivity index (χ4n) is 3.83. The van der Waals surface area contributed by atoms with Gasteiger partial charge in [-0.1, -0.05) is 17.3 Å². The van der Waals surface area contributed by atoms with Gasteiger partial charge in [0.25, 0.3) is 5.89 Å². The number of anilines is 1. The highest BCUT2D eigenvalue weighted by Crippen LogP contribution is 2.50. The Labute approximate surface area is 193 Å². The highest BCUT2D eigenvalue weighted by atomic mass is 32.2. The van der Waals surface area contributed by atoms with Crippen LogP contribution in [-0.2, 0) is 0 Å². The summed E-state index contributed by atoms with van der Waals surface area (Å²) in [6.07, 6.45) is -1.11. The summed E-state index contributed by atoms with van der Waals surface area (Å²) >= 11 is 0.826. The Morgan fingerprint density at radius 2 is 2.15 bits per heavy atom. The minimum Gasteiger partial charge on any atom is -0.377 e. The van der Waals surface area contributed by atoms with Crippen LogP contribution in [0.5, 0.6) is 0 Å². The number of aromatic nitrogens is 2. The van der Waals surface area contributed by atoms with Gasteiger partial charge in [-0.25, -0.2) is 9.18 Å². The van der Waals surface area contributed by atoms with E-state index in [4.69, 9.17) is 4.52 Å². The van der Waals surface area contributed by atoms with Gasteiger partial charge in [-0.2, -0.15) is 18.2 Å². The van der Waals surface area contributed by atoms with E-state index in [0.29, 0.717) is 28.9 Å². The zero-order valence-corrected chi connectivity index (χ0v) is 18.7. The third-order valence-corrected chi connectivity index (χ3v) is 7.64. The predicted molar refractivity (Wildman–Crippen MR) is 116 cm³/mol. The molecular weight excluding hydrogens is 484 g/mol. The summed E-state index contributed by atoms with van der Waals surface area (Å²) in [5, 5.41) is 13.0. The van der Waals surface area contributed by atoms with E-state index < -0.39 is 23.8 Å². The quantitative estimate of drug-likeness (QED) is 0.359. The number of nitrogens with one attached hydrogen (secondary N) is 3. The molecule has 0 radical (unpaired) electrons. The van der Waals surface area contributed by atoms with Gasteiger partial charge >= 0.3 is 11.5 Å². The van der Waals surface area contributed by atoms with E-state index in [1.54, 1.807) is 25.2 Å². The first-order valence-corrected chi connectivity index (χ1v) is 11.6. The molecule has 2 aliphatic rings. The molecule has 3 N–H and O–H groups in total. The average molecular weight is 503 g/mol. The monoisotopic (exact) mass is 502 g/mol. The molecule has 2 fully saturated rings. The highest BCUT2D eigenvalue weighted by Gasteiger charge is 2.36. The van der Waals surface area contributed by atoms with Gasteiger partial charge in [0, 0.05) is 30.4 Å². The molecule has 33 heavy (non-hydrogen) atoms. The lowest BCUT2D eigenvalue weighted by Crippen LogP contribution is -2.29. The van der Waals surface area contributed by atoms with Crippen molar-refractivity contribution in [1.82, 2.24) is 25.7 Å². The van der Waals surface area contributed by atoms with Crippen LogP contribution in [-0.4, -0.2) is 65.5 Å². The van der Waals surface area contributed by atoms with Gasteiger partial charge in [0.1, 0.15) is 12.2 Å². The van der Waals surface area contributed by atoms with E-state index >= 15 is 0 Å². The first kappa shape index (κ1) is 22.2. The van der Waals surface area contributed by atoms with Crippen LogP contribution in [0, 0.1) is 0 Å². The first-order chi connectivity index (χ1) is 15.7. The van der Waals surface area contributed by atoms with Crippen molar-refractivity contribution in [3.8, 4) is 10.7 Å². The number of thioether (sulfide) groups is 1. The van der Waals surface area contributed by atoms with Crippen molar-refractivity contribution < 1.29 is 26.9 Å². The summed E-state index contributed by atoms with van der Waals surface area (Å²) in [4.78, 5) is 17.6. The lowest BCUT2D eigenvalue weighted by atomic mass is 10.2. The summed E-state index contributed by atoms with van der Waals surface area (Å²) in [5.41, 5.74) is -4.00. The Morgan fingerprint density at radius 3 is 2.82 bits per heavy atom. The Bertz CT molecular complexity index is 1200. The van der Waals surface area contributed by atoms with E-state index in [-0.39, 0.29) is 45.8 Å². The number of rotatable bonds is 5. The molecule has 2 aromatic heterocycles. The van der Waals surface area contributed by atoms with Gasteiger partial charge < -0.3 is 25.4 Å². The van der Waals surface area contributed by atoms with Gasteiger partial charge in [-0.05, 0) is 17.8 Å². The maximum atomic E-state index is 14.1. The zero-order chi connectivity index (χ0) is 23.3. The third kappa shape index (κ3) is 4.34. The molecule has 0 saturated carbocycles. The molecule has 5 rings (SSSR count). The molecule has 0 unspecified atom stereocenters. The van der Waals surface area contributed by atoms with Crippen LogP contribution in [0.2, 0.25) is 0 Å². The molecule has 176 valence electrons. The van der Waals surface area contributed by atoms with Crippen molar-refractivity contribution in [1.29, 1.82) is 0 Å². The number of urea groups is 1. The van der Waals surface area contributed by atoms with E-state index in [9.17, 15) is 22.4 Å². The Balaban J connectivity index is 1.55. The van der Waals surface area contributed by atoms with Crippen LogP contribution in [0.15, 0.2) is 27.6 Å². The van der Waals surface area contributed by atoms with Crippen LogP contribution >= 0.6 is 23.1 Å². The molecular formula is C19H18F4N6O2S2. The molecule has 2 saturated heterocycles. The van der Waals surface area contributed by atoms with Crippen molar-refractivity contribution in [2.75, 3.05) is 32.0 Å². The lowest BCUT2D eigenvalue weighted by Gasteiger charge is -2.16. The first-order valence-electron chi connectivity index (χ1n) is 9.98. The van der Waals surface area contributed by atoms with Crippen LogP contribution < -0.4 is 16.0 Å². The molecule has 8 nitrogen and oxygen atoms in total. The summed E-state index contributed by atoms with van der Waals surface area (Å²) in [7, 11) is 1.60. The minimum atomic E-state index is -4.54. The number of carbonyl (C=O) groups is 1.